The van der Waals surface area contributed by atoms with Crippen molar-refractivity contribution in [3.63, 3.8) is 0 Å². The van der Waals surface area contributed by atoms with E-state index in [1.807, 2.05) is 17.0 Å². The number of piperazine rings is 1. The summed E-state index contributed by atoms with van der Waals surface area (Å²) in [5.41, 5.74) is 0.502. The van der Waals surface area contributed by atoms with E-state index >= 15 is 0 Å². The molecule has 0 atom stereocenters. The molecule has 1 heterocycles. The Bertz CT molecular complexity index is 1190. The SMILES string of the molecule is O=C(CSc1ccc(Cl)cc1)Nc1ccc(N2CCN(c3c(F)c(F)c(F)c(F)c3F)CC2)cc1. The molecule has 11 heteroatoms. The van der Waals surface area contributed by atoms with E-state index < -0.39 is 34.8 Å². The Labute approximate surface area is 207 Å². The van der Waals surface area contributed by atoms with Crippen LogP contribution in [0, 0.1) is 29.1 Å². The lowest BCUT2D eigenvalue weighted by atomic mass is 10.2. The van der Waals surface area contributed by atoms with Crippen LogP contribution in [0.1, 0.15) is 0 Å². The summed E-state index contributed by atoms with van der Waals surface area (Å²) in [5.74, 6) is -9.68. The summed E-state index contributed by atoms with van der Waals surface area (Å²) >= 11 is 7.23. The van der Waals surface area contributed by atoms with Crippen LogP contribution in [-0.4, -0.2) is 37.8 Å². The van der Waals surface area contributed by atoms with Crippen molar-refractivity contribution in [2.45, 2.75) is 4.90 Å². The van der Waals surface area contributed by atoms with Crippen molar-refractivity contribution in [1.82, 2.24) is 0 Å². The van der Waals surface area contributed by atoms with E-state index in [-0.39, 0.29) is 24.7 Å². The van der Waals surface area contributed by atoms with Crippen molar-refractivity contribution in [3.05, 3.63) is 82.6 Å². The van der Waals surface area contributed by atoms with Crippen molar-refractivity contribution in [2.24, 2.45) is 0 Å². The van der Waals surface area contributed by atoms with Gasteiger partial charge in [-0.2, -0.15) is 0 Å². The summed E-state index contributed by atoms with van der Waals surface area (Å²) in [6.07, 6.45) is 0. The Kier molecular flexibility index (Phi) is 7.71. The van der Waals surface area contributed by atoms with Gasteiger partial charge in [0.25, 0.3) is 0 Å². The summed E-state index contributed by atoms with van der Waals surface area (Å²) in [5, 5.41) is 3.44. The number of nitrogens with one attached hydrogen (secondary N) is 1. The minimum atomic E-state index is -2.17. The largest absolute Gasteiger partial charge is 0.368 e. The normalized spacial score (nSPS) is 13.8. The highest BCUT2D eigenvalue weighted by Crippen LogP contribution is 2.31. The molecule has 1 aliphatic rings. The minimum absolute atomic E-state index is 0.0682. The van der Waals surface area contributed by atoms with E-state index in [0.717, 1.165) is 15.5 Å². The van der Waals surface area contributed by atoms with Crippen LogP contribution in [0.15, 0.2) is 53.4 Å². The predicted octanol–water partition coefficient (Wildman–Crippen LogP) is 6.09. The third kappa shape index (κ3) is 5.65. The van der Waals surface area contributed by atoms with E-state index in [4.69, 9.17) is 11.6 Å². The Morgan fingerprint density at radius 2 is 1.29 bits per heavy atom. The van der Waals surface area contributed by atoms with Crippen LogP contribution in [0.3, 0.4) is 0 Å². The molecular weight excluding hydrogens is 509 g/mol. The molecule has 0 radical (unpaired) electrons. The van der Waals surface area contributed by atoms with Crippen LogP contribution in [-0.2, 0) is 4.79 Å². The van der Waals surface area contributed by atoms with Gasteiger partial charge in [-0.25, -0.2) is 22.0 Å². The maximum atomic E-state index is 14.1. The monoisotopic (exact) mass is 527 g/mol. The summed E-state index contributed by atoms with van der Waals surface area (Å²) in [6.45, 7) is 0.753. The topological polar surface area (TPSA) is 35.6 Å². The summed E-state index contributed by atoms with van der Waals surface area (Å²) in [7, 11) is 0. The van der Waals surface area contributed by atoms with Crippen LogP contribution >= 0.6 is 23.4 Å². The van der Waals surface area contributed by atoms with Gasteiger partial charge >= 0.3 is 0 Å². The third-order valence-electron chi connectivity index (χ3n) is 5.48. The highest BCUT2D eigenvalue weighted by molar-refractivity contribution is 8.00. The van der Waals surface area contributed by atoms with Crippen molar-refractivity contribution < 1.29 is 26.7 Å². The molecule has 3 aromatic rings. The van der Waals surface area contributed by atoms with Gasteiger partial charge in [-0.15, -0.1) is 11.8 Å². The summed E-state index contributed by atoms with van der Waals surface area (Å²) < 4.78 is 68.6. The van der Waals surface area contributed by atoms with E-state index in [2.05, 4.69) is 5.32 Å². The average Bonchev–Trinajstić information content (AvgIpc) is 2.87. The molecule has 0 aliphatic carbocycles. The number of amides is 1. The first-order chi connectivity index (χ1) is 16.7. The fourth-order valence-electron chi connectivity index (χ4n) is 3.69. The Morgan fingerprint density at radius 1 is 0.771 bits per heavy atom. The molecule has 0 bridgehead atoms. The molecule has 1 amide bonds. The first-order valence-electron chi connectivity index (χ1n) is 10.5. The number of hydrogen-bond donors (Lipinski definition) is 1. The maximum Gasteiger partial charge on any atom is 0.234 e. The number of carbonyl (C=O) groups excluding carboxylic acids is 1. The molecule has 35 heavy (non-hydrogen) atoms. The van der Waals surface area contributed by atoms with Crippen LogP contribution in [0.2, 0.25) is 5.02 Å². The van der Waals surface area contributed by atoms with Gasteiger partial charge in [0, 0.05) is 47.5 Å². The zero-order valence-corrected chi connectivity index (χ0v) is 19.7. The standard InChI is InChI=1S/C24H19ClF5N3OS/c25-14-1-7-17(8-2-14)35-13-18(34)31-15-3-5-16(6-4-15)32-9-11-33(12-10-32)24-22(29)20(27)19(26)21(28)23(24)30/h1-8H,9-13H2,(H,31,34). The van der Waals surface area contributed by atoms with Gasteiger partial charge < -0.3 is 15.1 Å². The fraction of sp³-hybridized carbons (Fsp3) is 0.208. The zero-order chi connectivity index (χ0) is 25.1. The lowest BCUT2D eigenvalue weighted by molar-refractivity contribution is -0.113. The van der Waals surface area contributed by atoms with Crippen LogP contribution in [0.4, 0.5) is 39.0 Å². The predicted molar refractivity (Wildman–Crippen MR) is 128 cm³/mol. The molecule has 0 aromatic heterocycles. The Hall–Kier alpha value is -2.98. The summed E-state index contributed by atoms with van der Waals surface area (Å²) in [6, 6.07) is 14.2. The highest BCUT2D eigenvalue weighted by Gasteiger charge is 2.30. The summed E-state index contributed by atoms with van der Waals surface area (Å²) in [4.78, 5) is 16.2. The van der Waals surface area contributed by atoms with Gasteiger partial charge in [0.05, 0.1) is 5.75 Å². The van der Waals surface area contributed by atoms with E-state index in [9.17, 15) is 26.7 Å². The first-order valence-corrected chi connectivity index (χ1v) is 11.9. The van der Waals surface area contributed by atoms with Gasteiger partial charge in [-0.05, 0) is 48.5 Å². The van der Waals surface area contributed by atoms with Crippen molar-refractivity contribution in [2.75, 3.05) is 47.0 Å². The Balaban J connectivity index is 1.32. The van der Waals surface area contributed by atoms with Crippen LogP contribution < -0.4 is 15.1 Å². The lowest BCUT2D eigenvalue weighted by Gasteiger charge is -2.37. The number of anilines is 3. The van der Waals surface area contributed by atoms with E-state index in [0.29, 0.717) is 23.8 Å². The van der Waals surface area contributed by atoms with Crippen LogP contribution in [0.25, 0.3) is 0 Å². The molecule has 4 nitrogen and oxygen atoms in total. The molecule has 4 rings (SSSR count). The fourth-order valence-corrected chi connectivity index (χ4v) is 4.52. The number of nitrogens with zero attached hydrogens (tertiary/aromatic N) is 2. The number of halogens is 6. The molecule has 3 aromatic carbocycles. The van der Waals surface area contributed by atoms with Crippen LogP contribution in [0.5, 0.6) is 0 Å². The smallest absolute Gasteiger partial charge is 0.234 e. The average molecular weight is 528 g/mol. The Morgan fingerprint density at radius 3 is 1.86 bits per heavy atom. The molecule has 1 aliphatic heterocycles. The molecule has 1 saturated heterocycles. The third-order valence-corrected chi connectivity index (χ3v) is 6.75. The number of hydrogen-bond acceptors (Lipinski definition) is 4. The molecule has 1 fully saturated rings. The zero-order valence-electron chi connectivity index (χ0n) is 18.1. The van der Waals surface area contributed by atoms with Gasteiger partial charge in [-0.1, -0.05) is 11.6 Å². The molecule has 184 valence electrons. The molecular formula is C24H19ClF5N3OS. The lowest BCUT2D eigenvalue weighted by Crippen LogP contribution is -2.47. The second-order valence-electron chi connectivity index (χ2n) is 7.73. The van der Waals surface area contributed by atoms with Gasteiger partial charge in [-0.3, -0.25) is 4.79 Å². The first kappa shape index (κ1) is 25.1. The van der Waals surface area contributed by atoms with Gasteiger partial charge in [0.2, 0.25) is 11.7 Å². The van der Waals surface area contributed by atoms with Crippen molar-refractivity contribution in [1.29, 1.82) is 0 Å². The maximum absolute atomic E-state index is 14.1. The number of carbonyl (C=O) groups is 1. The van der Waals surface area contributed by atoms with Gasteiger partial charge in [0.1, 0.15) is 5.69 Å². The van der Waals surface area contributed by atoms with Crippen molar-refractivity contribution >= 4 is 46.3 Å². The van der Waals surface area contributed by atoms with Crippen molar-refractivity contribution in [3.8, 4) is 0 Å². The minimum Gasteiger partial charge on any atom is -0.368 e. The molecule has 0 saturated carbocycles. The number of benzene rings is 3. The van der Waals surface area contributed by atoms with E-state index in [1.54, 1.807) is 36.4 Å². The van der Waals surface area contributed by atoms with E-state index in [1.165, 1.54) is 11.8 Å². The van der Waals surface area contributed by atoms with Gasteiger partial charge in [0.15, 0.2) is 23.3 Å². The number of rotatable bonds is 6. The highest BCUT2D eigenvalue weighted by atomic mass is 35.5. The number of thioether (sulfide) groups is 1. The molecule has 0 spiro atoms. The second-order valence-corrected chi connectivity index (χ2v) is 9.22. The molecule has 1 N–H and O–H groups in total. The molecule has 0 unspecified atom stereocenters. The quantitative estimate of drug-likeness (QED) is 0.182. The second kappa shape index (κ2) is 10.7.